The third-order valence-corrected chi connectivity index (χ3v) is 3.50. The SMILES string of the molecule is COC(=O)C(Br)CSCC(=O)OC(C)(C)C. The average Bonchev–Trinajstić information content (AvgIpc) is 2.13. The lowest BCUT2D eigenvalue weighted by Gasteiger charge is -2.19. The predicted octanol–water partition coefficient (Wildman–Crippen LogP) is 2.00. The van der Waals surface area contributed by atoms with Crippen LogP contribution in [0.25, 0.3) is 0 Å². The number of carbonyl (C=O) groups excluding carboxylic acids is 2. The molecular formula is C10H17BrO4S. The Morgan fingerprint density at radius 3 is 2.38 bits per heavy atom. The van der Waals surface area contributed by atoms with E-state index in [0.717, 1.165) is 0 Å². The van der Waals surface area contributed by atoms with E-state index in [1.807, 2.05) is 20.8 Å². The zero-order valence-electron chi connectivity index (χ0n) is 9.91. The van der Waals surface area contributed by atoms with Gasteiger partial charge in [0.05, 0.1) is 12.9 Å². The fraction of sp³-hybridized carbons (Fsp3) is 0.800. The Labute approximate surface area is 109 Å². The molecule has 0 aliphatic heterocycles. The summed E-state index contributed by atoms with van der Waals surface area (Å²) >= 11 is 4.50. The third-order valence-electron chi connectivity index (χ3n) is 1.36. The molecule has 6 heteroatoms. The van der Waals surface area contributed by atoms with Crippen molar-refractivity contribution in [2.45, 2.75) is 31.2 Å². The van der Waals surface area contributed by atoms with E-state index in [1.165, 1.54) is 18.9 Å². The molecule has 0 amide bonds. The number of carbonyl (C=O) groups is 2. The largest absolute Gasteiger partial charge is 0.468 e. The summed E-state index contributed by atoms with van der Waals surface area (Å²) in [6.45, 7) is 5.45. The summed E-state index contributed by atoms with van der Waals surface area (Å²) in [4.78, 5) is 21.9. The molecule has 1 atom stereocenters. The lowest BCUT2D eigenvalue weighted by molar-refractivity contribution is -0.151. The van der Waals surface area contributed by atoms with Crippen LogP contribution in [0.2, 0.25) is 0 Å². The van der Waals surface area contributed by atoms with E-state index < -0.39 is 5.60 Å². The summed E-state index contributed by atoms with van der Waals surface area (Å²) in [5, 5.41) is 0. The average molecular weight is 313 g/mol. The monoisotopic (exact) mass is 312 g/mol. The van der Waals surface area contributed by atoms with Crippen LogP contribution in [-0.4, -0.2) is 41.0 Å². The van der Waals surface area contributed by atoms with Gasteiger partial charge in [-0.05, 0) is 20.8 Å². The van der Waals surface area contributed by atoms with Crippen LogP contribution in [0, 0.1) is 0 Å². The minimum absolute atomic E-state index is 0.233. The Kier molecular flexibility index (Phi) is 7.06. The van der Waals surface area contributed by atoms with Crippen LogP contribution in [0.1, 0.15) is 20.8 Å². The van der Waals surface area contributed by atoms with Gasteiger partial charge in [0.2, 0.25) is 0 Å². The first-order valence-corrected chi connectivity index (χ1v) is 6.85. The smallest absolute Gasteiger partial charge is 0.320 e. The first-order chi connectivity index (χ1) is 7.26. The molecular weight excluding hydrogens is 296 g/mol. The van der Waals surface area contributed by atoms with Gasteiger partial charge in [-0.1, -0.05) is 15.9 Å². The van der Waals surface area contributed by atoms with Crippen molar-refractivity contribution in [3.8, 4) is 0 Å². The first kappa shape index (κ1) is 15.8. The number of esters is 2. The molecule has 0 saturated carbocycles. The van der Waals surface area contributed by atoms with E-state index in [0.29, 0.717) is 5.75 Å². The van der Waals surface area contributed by atoms with Crippen LogP contribution in [0.15, 0.2) is 0 Å². The second-order valence-corrected chi connectivity index (χ2v) is 6.23. The van der Waals surface area contributed by atoms with Crippen LogP contribution in [0.5, 0.6) is 0 Å². The van der Waals surface area contributed by atoms with Gasteiger partial charge in [0.1, 0.15) is 10.4 Å². The van der Waals surface area contributed by atoms with Crippen molar-refractivity contribution in [2.24, 2.45) is 0 Å². The Balaban J connectivity index is 3.74. The Bertz CT molecular complexity index is 250. The van der Waals surface area contributed by atoms with Crippen molar-refractivity contribution in [2.75, 3.05) is 18.6 Å². The van der Waals surface area contributed by atoms with Gasteiger partial charge in [0, 0.05) is 5.75 Å². The van der Waals surface area contributed by atoms with Crippen molar-refractivity contribution in [1.29, 1.82) is 0 Å². The highest BCUT2D eigenvalue weighted by atomic mass is 79.9. The van der Waals surface area contributed by atoms with Crippen molar-refractivity contribution in [3.63, 3.8) is 0 Å². The zero-order valence-corrected chi connectivity index (χ0v) is 12.3. The third kappa shape index (κ3) is 7.98. The molecule has 0 aliphatic rings. The molecule has 0 rings (SSSR count). The van der Waals surface area contributed by atoms with Crippen molar-refractivity contribution in [3.05, 3.63) is 0 Å². The fourth-order valence-corrected chi connectivity index (χ4v) is 2.25. The van der Waals surface area contributed by atoms with Crippen LogP contribution in [0.3, 0.4) is 0 Å². The van der Waals surface area contributed by atoms with Crippen LogP contribution in [-0.2, 0) is 19.1 Å². The van der Waals surface area contributed by atoms with E-state index in [1.54, 1.807) is 0 Å². The first-order valence-electron chi connectivity index (χ1n) is 4.77. The number of methoxy groups -OCH3 is 1. The lowest BCUT2D eigenvalue weighted by atomic mass is 10.2. The second kappa shape index (κ2) is 7.17. The standard InChI is InChI=1S/C10H17BrO4S/c1-10(2,3)15-8(12)6-16-5-7(11)9(13)14-4/h7H,5-6H2,1-4H3. The molecule has 16 heavy (non-hydrogen) atoms. The number of hydrogen-bond donors (Lipinski definition) is 0. The maximum atomic E-state index is 11.3. The molecule has 0 aromatic heterocycles. The van der Waals surface area contributed by atoms with E-state index >= 15 is 0 Å². The lowest BCUT2D eigenvalue weighted by Crippen LogP contribution is -2.25. The number of ether oxygens (including phenoxy) is 2. The molecule has 0 aliphatic carbocycles. The molecule has 0 fully saturated rings. The number of alkyl halides is 1. The number of thioether (sulfide) groups is 1. The Hall–Kier alpha value is -0.230. The minimum Gasteiger partial charge on any atom is -0.468 e. The molecule has 0 N–H and O–H groups in total. The maximum absolute atomic E-state index is 11.3. The van der Waals surface area contributed by atoms with Gasteiger partial charge in [0.15, 0.2) is 0 Å². The minimum atomic E-state index is -0.464. The maximum Gasteiger partial charge on any atom is 0.320 e. The summed E-state index contributed by atoms with van der Waals surface area (Å²) in [6.07, 6.45) is 0. The predicted molar refractivity (Wildman–Crippen MR) is 67.9 cm³/mol. The van der Waals surface area contributed by atoms with Crippen molar-refractivity contribution >= 4 is 39.6 Å². The molecule has 0 aromatic rings. The van der Waals surface area contributed by atoms with Gasteiger partial charge in [0.25, 0.3) is 0 Å². The normalized spacial score (nSPS) is 13.1. The van der Waals surface area contributed by atoms with Crippen LogP contribution < -0.4 is 0 Å². The van der Waals surface area contributed by atoms with Gasteiger partial charge in [-0.3, -0.25) is 9.59 Å². The molecule has 0 aromatic carbocycles. The summed E-state index contributed by atoms with van der Waals surface area (Å²) in [5.41, 5.74) is -0.464. The summed E-state index contributed by atoms with van der Waals surface area (Å²) in [6, 6.07) is 0. The second-order valence-electron chi connectivity index (χ2n) is 4.09. The molecule has 0 heterocycles. The molecule has 0 spiro atoms. The number of hydrogen-bond acceptors (Lipinski definition) is 5. The molecule has 0 radical (unpaired) electrons. The molecule has 0 bridgehead atoms. The Morgan fingerprint density at radius 2 is 1.94 bits per heavy atom. The highest BCUT2D eigenvalue weighted by molar-refractivity contribution is 9.10. The summed E-state index contributed by atoms with van der Waals surface area (Å²) in [7, 11) is 1.33. The van der Waals surface area contributed by atoms with Gasteiger partial charge >= 0.3 is 11.9 Å². The van der Waals surface area contributed by atoms with Gasteiger partial charge in [-0.15, -0.1) is 11.8 Å². The van der Waals surface area contributed by atoms with Gasteiger partial charge in [-0.25, -0.2) is 0 Å². The van der Waals surface area contributed by atoms with E-state index in [4.69, 9.17) is 4.74 Å². The summed E-state index contributed by atoms with van der Waals surface area (Å²) < 4.78 is 9.65. The fourth-order valence-electron chi connectivity index (χ4n) is 0.813. The Morgan fingerprint density at radius 1 is 1.38 bits per heavy atom. The van der Waals surface area contributed by atoms with E-state index in [-0.39, 0.29) is 22.5 Å². The van der Waals surface area contributed by atoms with Crippen molar-refractivity contribution < 1.29 is 19.1 Å². The van der Waals surface area contributed by atoms with Crippen LogP contribution in [0.4, 0.5) is 0 Å². The zero-order chi connectivity index (χ0) is 12.8. The number of halogens is 1. The number of rotatable bonds is 5. The van der Waals surface area contributed by atoms with Crippen molar-refractivity contribution in [1.82, 2.24) is 0 Å². The summed E-state index contributed by atoms with van der Waals surface area (Å²) in [5.74, 6) is 0.0983. The molecule has 94 valence electrons. The topological polar surface area (TPSA) is 52.6 Å². The highest BCUT2D eigenvalue weighted by Crippen LogP contribution is 2.14. The quantitative estimate of drug-likeness (QED) is 0.574. The van der Waals surface area contributed by atoms with E-state index in [2.05, 4.69) is 20.7 Å². The molecule has 1 unspecified atom stereocenters. The van der Waals surface area contributed by atoms with E-state index in [9.17, 15) is 9.59 Å². The van der Waals surface area contributed by atoms with Gasteiger partial charge in [-0.2, -0.15) is 0 Å². The van der Waals surface area contributed by atoms with Crippen LogP contribution >= 0.6 is 27.7 Å². The molecule has 4 nitrogen and oxygen atoms in total. The molecule has 0 saturated heterocycles. The highest BCUT2D eigenvalue weighted by Gasteiger charge is 2.18. The van der Waals surface area contributed by atoms with Gasteiger partial charge < -0.3 is 9.47 Å².